The van der Waals surface area contributed by atoms with Gasteiger partial charge in [-0.05, 0) is 38.8 Å². The predicted octanol–water partition coefficient (Wildman–Crippen LogP) is 4.15. The quantitative estimate of drug-likeness (QED) is 0.347. The van der Waals surface area contributed by atoms with Gasteiger partial charge in [0.15, 0.2) is 12.1 Å². The summed E-state index contributed by atoms with van der Waals surface area (Å²) in [5, 5.41) is 0. The zero-order valence-electron chi connectivity index (χ0n) is 16.9. The third-order valence-corrected chi connectivity index (χ3v) is 5.18. The van der Waals surface area contributed by atoms with Crippen molar-refractivity contribution in [1.29, 1.82) is 0 Å². The molecule has 0 spiro atoms. The lowest BCUT2D eigenvalue weighted by molar-refractivity contribution is -0.234. The average molecular weight is 435 g/mol. The van der Waals surface area contributed by atoms with E-state index in [1.54, 1.807) is 13.8 Å². The molecule has 2 aliphatic heterocycles. The monoisotopic (exact) mass is 435 g/mol. The van der Waals surface area contributed by atoms with Gasteiger partial charge >= 0.3 is 6.18 Å². The maximum atomic E-state index is 13.9. The van der Waals surface area contributed by atoms with Crippen molar-refractivity contribution >= 4 is 0 Å². The van der Waals surface area contributed by atoms with Crippen molar-refractivity contribution in [1.82, 2.24) is 4.98 Å². The van der Waals surface area contributed by atoms with Crippen LogP contribution in [0.4, 0.5) is 17.6 Å². The summed E-state index contributed by atoms with van der Waals surface area (Å²) in [6.45, 7) is 6.79. The van der Waals surface area contributed by atoms with Crippen molar-refractivity contribution in [2.75, 3.05) is 7.11 Å². The fourth-order valence-electron chi connectivity index (χ4n) is 3.77. The average Bonchev–Trinajstić information content (AvgIpc) is 3.10. The first-order valence-corrected chi connectivity index (χ1v) is 9.56. The van der Waals surface area contributed by atoms with Gasteiger partial charge in [0, 0.05) is 19.6 Å². The number of hydrogen-bond donors (Lipinski definition) is 0. The Balaban J connectivity index is 1.67. The van der Waals surface area contributed by atoms with E-state index in [0.29, 0.717) is 6.08 Å². The lowest BCUT2D eigenvalue weighted by Gasteiger charge is -2.33. The zero-order chi connectivity index (χ0) is 22.2. The van der Waals surface area contributed by atoms with Crippen molar-refractivity contribution in [2.24, 2.45) is 0 Å². The van der Waals surface area contributed by atoms with Crippen LogP contribution in [-0.4, -0.2) is 54.3 Å². The van der Waals surface area contributed by atoms with Gasteiger partial charge in [-0.2, -0.15) is 22.5 Å². The molecule has 168 valence electrons. The van der Waals surface area contributed by atoms with Gasteiger partial charge < -0.3 is 23.7 Å². The third kappa shape index (κ3) is 4.61. The Morgan fingerprint density at radius 1 is 1.27 bits per heavy atom. The van der Waals surface area contributed by atoms with Crippen LogP contribution in [0.25, 0.3) is 0 Å². The van der Waals surface area contributed by atoms with Crippen LogP contribution in [0.15, 0.2) is 30.9 Å². The molecule has 0 N–H and O–H groups in total. The molecular formula is C20H25F4NO5. The highest BCUT2D eigenvalue weighted by Crippen LogP contribution is 2.42. The Labute approximate surface area is 172 Å². The predicted molar refractivity (Wildman–Crippen MR) is 97.2 cm³/mol. The molecule has 2 aliphatic rings. The standard InChI is InChI=1S/C20H25F4NO5/c1-5-19(20(22,23)24,28-14-10-6-9-13(21)25-14)11-7-8-12-15(26-4)16-17(27-12)30-18(2,3)29-16/h5-6,9-10,12,15-17H,1,7-8,11H2,2-4H3/t12?,15?,16-,17-,19?/m1/s1. The molecule has 2 saturated heterocycles. The summed E-state index contributed by atoms with van der Waals surface area (Å²) in [6, 6.07) is 3.39. The topological polar surface area (TPSA) is 59.0 Å². The van der Waals surface area contributed by atoms with Gasteiger partial charge in [0.2, 0.25) is 17.4 Å². The molecule has 5 atom stereocenters. The molecule has 0 amide bonds. The number of halogens is 4. The van der Waals surface area contributed by atoms with E-state index in [4.69, 9.17) is 23.7 Å². The summed E-state index contributed by atoms with van der Waals surface area (Å²) in [5.74, 6) is -2.24. The summed E-state index contributed by atoms with van der Waals surface area (Å²) in [7, 11) is 1.49. The summed E-state index contributed by atoms with van der Waals surface area (Å²) in [5.41, 5.74) is -2.72. The fraction of sp³-hybridized carbons (Fsp3) is 0.650. The Kier molecular flexibility index (Phi) is 6.43. The first-order chi connectivity index (χ1) is 14.0. The molecule has 10 heteroatoms. The number of methoxy groups -OCH3 is 1. The van der Waals surface area contributed by atoms with E-state index in [1.165, 1.54) is 13.2 Å². The van der Waals surface area contributed by atoms with Crippen molar-refractivity contribution in [3.63, 3.8) is 0 Å². The van der Waals surface area contributed by atoms with Gasteiger partial charge in [-0.3, -0.25) is 0 Å². The summed E-state index contributed by atoms with van der Waals surface area (Å²) in [6.07, 6.45) is -6.37. The molecule has 2 fully saturated rings. The van der Waals surface area contributed by atoms with E-state index in [-0.39, 0.29) is 12.8 Å². The van der Waals surface area contributed by atoms with Crippen LogP contribution in [0.1, 0.15) is 33.1 Å². The Bertz CT molecular complexity index is 759. The number of alkyl halides is 3. The highest BCUT2D eigenvalue weighted by Gasteiger charge is 2.57. The largest absolute Gasteiger partial charge is 0.457 e. The minimum absolute atomic E-state index is 0.0637. The second kappa shape index (κ2) is 8.41. The van der Waals surface area contributed by atoms with E-state index in [2.05, 4.69) is 11.6 Å². The van der Waals surface area contributed by atoms with Gasteiger partial charge in [0.1, 0.15) is 12.2 Å². The molecule has 0 radical (unpaired) electrons. The van der Waals surface area contributed by atoms with Gasteiger partial charge in [0.05, 0.1) is 6.10 Å². The molecule has 0 bridgehead atoms. The first-order valence-electron chi connectivity index (χ1n) is 9.56. The smallest absolute Gasteiger partial charge is 0.432 e. The second-order valence-corrected chi connectivity index (χ2v) is 7.73. The summed E-state index contributed by atoms with van der Waals surface area (Å²) in [4.78, 5) is 3.37. The van der Waals surface area contributed by atoms with Gasteiger partial charge in [0.25, 0.3) is 0 Å². The van der Waals surface area contributed by atoms with Crippen molar-refractivity contribution in [3.05, 3.63) is 36.8 Å². The normalized spacial score (nSPS) is 30.0. The molecule has 0 aromatic carbocycles. The number of rotatable bonds is 8. The van der Waals surface area contributed by atoms with Crippen LogP contribution >= 0.6 is 0 Å². The number of hydrogen-bond acceptors (Lipinski definition) is 6. The second-order valence-electron chi connectivity index (χ2n) is 7.73. The Morgan fingerprint density at radius 3 is 2.60 bits per heavy atom. The zero-order valence-corrected chi connectivity index (χ0v) is 16.9. The maximum absolute atomic E-state index is 13.9. The number of nitrogens with zero attached hydrogens (tertiary/aromatic N) is 1. The fourth-order valence-corrected chi connectivity index (χ4v) is 3.77. The number of fused-ring (bicyclic) bond motifs is 1. The molecular weight excluding hydrogens is 410 g/mol. The number of ether oxygens (including phenoxy) is 5. The minimum Gasteiger partial charge on any atom is -0.457 e. The third-order valence-electron chi connectivity index (χ3n) is 5.18. The van der Waals surface area contributed by atoms with E-state index in [1.807, 2.05) is 0 Å². The first kappa shape index (κ1) is 22.9. The molecule has 1 aromatic rings. The molecule has 3 unspecified atom stereocenters. The minimum atomic E-state index is -4.79. The highest BCUT2D eigenvalue weighted by atomic mass is 19.4. The molecule has 6 nitrogen and oxygen atoms in total. The highest BCUT2D eigenvalue weighted by molar-refractivity contribution is 5.16. The molecule has 3 heterocycles. The van der Waals surface area contributed by atoms with Gasteiger partial charge in [-0.15, -0.1) is 0 Å². The Morgan fingerprint density at radius 2 is 2.00 bits per heavy atom. The lowest BCUT2D eigenvalue weighted by atomic mass is 9.93. The van der Waals surface area contributed by atoms with Crippen LogP contribution in [-0.2, 0) is 18.9 Å². The molecule has 1 aromatic heterocycles. The molecule has 0 aliphatic carbocycles. The van der Waals surface area contributed by atoms with Crippen molar-refractivity contribution < 1.29 is 41.2 Å². The van der Waals surface area contributed by atoms with Gasteiger partial charge in [-0.1, -0.05) is 12.6 Å². The summed E-state index contributed by atoms with van der Waals surface area (Å²) >= 11 is 0. The number of pyridine rings is 1. The van der Waals surface area contributed by atoms with Crippen LogP contribution in [0.3, 0.4) is 0 Å². The van der Waals surface area contributed by atoms with Crippen LogP contribution in [0.5, 0.6) is 5.88 Å². The SMILES string of the molecule is C=CC(CCCC1O[C@@H]2OC(C)(C)O[C@@H]2C1OC)(Oc1cccc(F)n1)C(F)(F)F. The van der Waals surface area contributed by atoms with E-state index >= 15 is 0 Å². The van der Waals surface area contributed by atoms with E-state index < -0.39 is 60.4 Å². The Hall–Kier alpha value is -1.75. The van der Waals surface area contributed by atoms with Crippen LogP contribution < -0.4 is 4.74 Å². The number of aromatic nitrogens is 1. The van der Waals surface area contributed by atoms with Crippen molar-refractivity contribution in [2.45, 2.75) is 75.3 Å². The summed E-state index contributed by atoms with van der Waals surface area (Å²) < 4.78 is 82.7. The van der Waals surface area contributed by atoms with E-state index in [0.717, 1.165) is 12.1 Å². The van der Waals surface area contributed by atoms with Crippen LogP contribution in [0, 0.1) is 5.95 Å². The molecule has 0 saturated carbocycles. The maximum Gasteiger partial charge on any atom is 0.432 e. The van der Waals surface area contributed by atoms with E-state index in [9.17, 15) is 17.6 Å². The lowest BCUT2D eigenvalue weighted by Crippen LogP contribution is -2.49. The van der Waals surface area contributed by atoms with Crippen molar-refractivity contribution in [3.8, 4) is 5.88 Å². The van der Waals surface area contributed by atoms with Gasteiger partial charge in [-0.25, -0.2) is 0 Å². The molecule has 3 rings (SSSR count). The molecule has 30 heavy (non-hydrogen) atoms. The van der Waals surface area contributed by atoms with Crippen LogP contribution in [0.2, 0.25) is 0 Å².